The Kier molecular flexibility index (Phi) is 5.56. The van der Waals surface area contributed by atoms with Crippen LogP contribution < -0.4 is 10.2 Å². The summed E-state index contributed by atoms with van der Waals surface area (Å²) in [5, 5.41) is 3.70. The molecule has 1 N–H and O–H groups in total. The van der Waals surface area contributed by atoms with E-state index in [2.05, 4.69) is 26.5 Å². The number of amides is 1. The summed E-state index contributed by atoms with van der Waals surface area (Å²) in [4.78, 5) is 11.2. The first-order valence-corrected chi connectivity index (χ1v) is 5.70. The number of benzene rings is 1. The maximum atomic E-state index is 11.2. The molecule has 0 aliphatic carbocycles. The van der Waals surface area contributed by atoms with E-state index in [1.54, 1.807) is 18.3 Å². The van der Waals surface area contributed by atoms with E-state index in [4.69, 9.17) is 4.74 Å². The first kappa shape index (κ1) is 12.7. The summed E-state index contributed by atoms with van der Waals surface area (Å²) in [5.74, 6) is 0.380. The second-order valence-corrected chi connectivity index (χ2v) is 3.91. The average molecular weight is 285 g/mol. The number of nitrogens with zero attached hydrogens (tertiary/aromatic N) is 1. The van der Waals surface area contributed by atoms with E-state index in [1.165, 1.54) is 0 Å². The molecule has 1 rings (SSSR count). The van der Waals surface area contributed by atoms with Gasteiger partial charge in [-0.3, -0.25) is 4.79 Å². The zero-order valence-electron chi connectivity index (χ0n) is 8.94. The normalized spacial score (nSPS) is 10.4. The molecule has 0 heterocycles. The van der Waals surface area contributed by atoms with E-state index in [1.807, 2.05) is 19.1 Å². The van der Waals surface area contributed by atoms with Gasteiger partial charge in [0.15, 0.2) is 6.61 Å². The number of nitrogens with one attached hydrogen (secondary N) is 1. The number of hydrazone groups is 1. The third kappa shape index (κ3) is 4.93. The second-order valence-electron chi connectivity index (χ2n) is 3.00. The van der Waals surface area contributed by atoms with Crippen LogP contribution in [0.15, 0.2) is 33.8 Å². The van der Waals surface area contributed by atoms with Gasteiger partial charge in [-0.15, -0.1) is 0 Å². The molecule has 86 valence electrons. The Morgan fingerprint density at radius 3 is 2.81 bits per heavy atom. The van der Waals surface area contributed by atoms with Crippen molar-refractivity contribution in [3.8, 4) is 5.75 Å². The molecule has 0 bridgehead atoms. The van der Waals surface area contributed by atoms with Gasteiger partial charge < -0.3 is 4.74 Å². The summed E-state index contributed by atoms with van der Waals surface area (Å²) >= 11 is 3.31. The number of carbonyl (C=O) groups excluding carboxylic acids is 1. The summed E-state index contributed by atoms with van der Waals surface area (Å²) in [6, 6.07) is 7.27. The molecule has 0 unspecified atom stereocenters. The smallest absolute Gasteiger partial charge is 0.277 e. The van der Waals surface area contributed by atoms with Gasteiger partial charge in [0, 0.05) is 10.7 Å². The third-order valence-electron chi connectivity index (χ3n) is 1.65. The number of rotatable bonds is 5. The van der Waals surface area contributed by atoms with Crippen LogP contribution in [0.3, 0.4) is 0 Å². The lowest BCUT2D eigenvalue weighted by molar-refractivity contribution is -0.123. The van der Waals surface area contributed by atoms with E-state index in [0.717, 1.165) is 10.9 Å². The predicted octanol–water partition coefficient (Wildman–Crippen LogP) is 2.34. The zero-order chi connectivity index (χ0) is 11.8. The van der Waals surface area contributed by atoms with Crippen LogP contribution in [0.2, 0.25) is 0 Å². The second kappa shape index (κ2) is 7.00. The standard InChI is InChI=1S/C11H13BrN2O2/c1-2-7-13-14-11(15)8-16-10-5-3-9(12)4-6-10/h3-7H,2,8H2,1H3,(H,14,15)/b13-7+. The summed E-state index contributed by atoms with van der Waals surface area (Å²) in [5.41, 5.74) is 2.36. The largest absolute Gasteiger partial charge is 0.484 e. The molecule has 4 nitrogen and oxygen atoms in total. The first-order valence-electron chi connectivity index (χ1n) is 4.91. The van der Waals surface area contributed by atoms with Crippen LogP contribution in [-0.4, -0.2) is 18.7 Å². The summed E-state index contributed by atoms with van der Waals surface area (Å²) in [7, 11) is 0. The zero-order valence-corrected chi connectivity index (χ0v) is 10.5. The fourth-order valence-corrected chi connectivity index (χ4v) is 1.19. The van der Waals surface area contributed by atoms with Crippen molar-refractivity contribution in [2.45, 2.75) is 13.3 Å². The molecular weight excluding hydrogens is 272 g/mol. The Morgan fingerprint density at radius 1 is 1.50 bits per heavy atom. The van der Waals surface area contributed by atoms with Crippen molar-refractivity contribution in [1.82, 2.24) is 5.43 Å². The lowest BCUT2D eigenvalue weighted by atomic mass is 10.3. The van der Waals surface area contributed by atoms with Crippen molar-refractivity contribution in [1.29, 1.82) is 0 Å². The lowest BCUT2D eigenvalue weighted by Gasteiger charge is -2.04. The van der Waals surface area contributed by atoms with Crippen LogP contribution in [0.4, 0.5) is 0 Å². The van der Waals surface area contributed by atoms with Crippen molar-refractivity contribution in [2.24, 2.45) is 5.10 Å². The third-order valence-corrected chi connectivity index (χ3v) is 2.18. The molecule has 0 fully saturated rings. The van der Waals surface area contributed by atoms with Gasteiger partial charge in [0.25, 0.3) is 5.91 Å². The molecule has 1 aromatic carbocycles. The molecule has 5 heteroatoms. The Hall–Kier alpha value is -1.36. The summed E-state index contributed by atoms with van der Waals surface area (Å²) < 4.78 is 6.22. The molecule has 0 aliphatic rings. The minimum absolute atomic E-state index is 0.0390. The van der Waals surface area contributed by atoms with Crippen LogP contribution in [-0.2, 0) is 4.79 Å². The fourth-order valence-electron chi connectivity index (χ4n) is 0.921. The van der Waals surface area contributed by atoms with Crippen LogP contribution in [0.1, 0.15) is 13.3 Å². The van der Waals surface area contributed by atoms with Crippen molar-refractivity contribution in [3.63, 3.8) is 0 Å². The Balaban J connectivity index is 2.31. The van der Waals surface area contributed by atoms with Crippen molar-refractivity contribution >= 4 is 28.1 Å². The molecule has 0 aromatic heterocycles. The van der Waals surface area contributed by atoms with Gasteiger partial charge in [0.1, 0.15) is 5.75 Å². The van der Waals surface area contributed by atoms with Crippen LogP contribution in [0.25, 0.3) is 0 Å². The van der Waals surface area contributed by atoms with Crippen molar-refractivity contribution < 1.29 is 9.53 Å². The Morgan fingerprint density at radius 2 is 2.19 bits per heavy atom. The highest BCUT2D eigenvalue weighted by Gasteiger charge is 2.00. The summed E-state index contributed by atoms with van der Waals surface area (Å²) in [6.45, 7) is 1.90. The molecule has 0 aliphatic heterocycles. The highest BCUT2D eigenvalue weighted by Crippen LogP contribution is 2.15. The van der Waals surface area contributed by atoms with E-state index >= 15 is 0 Å². The van der Waals surface area contributed by atoms with E-state index < -0.39 is 0 Å². The van der Waals surface area contributed by atoms with E-state index in [0.29, 0.717) is 5.75 Å². The monoisotopic (exact) mass is 284 g/mol. The first-order chi connectivity index (χ1) is 7.72. The number of halogens is 1. The van der Waals surface area contributed by atoms with E-state index in [9.17, 15) is 4.79 Å². The maximum absolute atomic E-state index is 11.2. The maximum Gasteiger partial charge on any atom is 0.277 e. The highest BCUT2D eigenvalue weighted by atomic mass is 79.9. The Bertz CT molecular complexity index is 363. The van der Waals surface area contributed by atoms with Gasteiger partial charge in [0.05, 0.1) is 0 Å². The van der Waals surface area contributed by atoms with Gasteiger partial charge in [-0.2, -0.15) is 5.10 Å². The van der Waals surface area contributed by atoms with Gasteiger partial charge >= 0.3 is 0 Å². The quantitative estimate of drug-likeness (QED) is 0.667. The van der Waals surface area contributed by atoms with Crippen LogP contribution in [0.5, 0.6) is 5.75 Å². The molecule has 0 spiro atoms. The van der Waals surface area contributed by atoms with Crippen LogP contribution in [0, 0.1) is 0 Å². The van der Waals surface area contributed by atoms with Gasteiger partial charge in [-0.25, -0.2) is 5.43 Å². The van der Waals surface area contributed by atoms with Gasteiger partial charge in [-0.1, -0.05) is 22.9 Å². The SMILES string of the molecule is CC/C=N/NC(=O)COc1ccc(Br)cc1. The fraction of sp³-hybridized carbons (Fsp3) is 0.273. The van der Waals surface area contributed by atoms with Crippen molar-refractivity contribution in [2.75, 3.05) is 6.61 Å². The van der Waals surface area contributed by atoms with Gasteiger partial charge in [0.2, 0.25) is 0 Å². The van der Waals surface area contributed by atoms with E-state index in [-0.39, 0.29) is 12.5 Å². The average Bonchev–Trinajstić information content (AvgIpc) is 2.29. The van der Waals surface area contributed by atoms with Gasteiger partial charge in [-0.05, 0) is 30.7 Å². The number of hydrogen-bond donors (Lipinski definition) is 1. The number of carbonyl (C=O) groups is 1. The molecule has 0 radical (unpaired) electrons. The van der Waals surface area contributed by atoms with Crippen LogP contribution >= 0.6 is 15.9 Å². The molecular formula is C11H13BrN2O2. The molecule has 16 heavy (non-hydrogen) atoms. The minimum atomic E-state index is -0.271. The molecule has 0 saturated heterocycles. The molecule has 0 saturated carbocycles. The number of hydrogen-bond acceptors (Lipinski definition) is 3. The molecule has 1 aromatic rings. The minimum Gasteiger partial charge on any atom is -0.484 e. The molecule has 0 atom stereocenters. The predicted molar refractivity (Wildman–Crippen MR) is 66.6 cm³/mol. The summed E-state index contributed by atoms with van der Waals surface area (Å²) in [6.07, 6.45) is 2.41. The van der Waals surface area contributed by atoms with Crippen molar-refractivity contribution in [3.05, 3.63) is 28.7 Å². The topological polar surface area (TPSA) is 50.7 Å². The number of ether oxygens (including phenoxy) is 1. The molecule has 1 amide bonds. The lowest BCUT2D eigenvalue weighted by Crippen LogP contribution is -2.24. The highest BCUT2D eigenvalue weighted by molar-refractivity contribution is 9.10. The Labute approximate surface area is 103 Å².